The van der Waals surface area contributed by atoms with Gasteiger partial charge in [-0.2, -0.15) is 5.10 Å². The molecular formula is C7H12N4. The van der Waals surface area contributed by atoms with Gasteiger partial charge >= 0.3 is 0 Å². The lowest BCUT2D eigenvalue weighted by molar-refractivity contribution is 0.369. The van der Waals surface area contributed by atoms with E-state index in [1.54, 1.807) is 6.33 Å². The SMILES string of the molecule is NCC1CCn2ncnc2C1. The molecular weight excluding hydrogens is 140 g/mol. The summed E-state index contributed by atoms with van der Waals surface area (Å²) in [6, 6.07) is 0. The predicted molar refractivity (Wildman–Crippen MR) is 40.9 cm³/mol. The third kappa shape index (κ3) is 1.14. The molecule has 0 aliphatic carbocycles. The van der Waals surface area contributed by atoms with Crippen LogP contribution in [0.25, 0.3) is 0 Å². The second kappa shape index (κ2) is 2.62. The molecule has 2 heterocycles. The molecule has 1 aromatic rings. The number of hydrogen-bond donors (Lipinski definition) is 1. The first-order chi connectivity index (χ1) is 5.40. The highest BCUT2D eigenvalue weighted by Gasteiger charge is 2.17. The smallest absolute Gasteiger partial charge is 0.138 e. The molecule has 1 unspecified atom stereocenters. The summed E-state index contributed by atoms with van der Waals surface area (Å²) >= 11 is 0. The zero-order chi connectivity index (χ0) is 7.68. The van der Waals surface area contributed by atoms with Crippen LogP contribution in [0.3, 0.4) is 0 Å². The lowest BCUT2D eigenvalue weighted by Gasteiger charge is -2.19. The molecule has 0 saturated heterocycles. The van der Waals surface area contributed by atoms with Crippen LogP contribution in [0.4, 0.5) is 0 Å². The van der Waals surface area contributed by atoms with Gasteiger partial charge in [0.05, 0.1) is 0 Å². The summed E-state index contributed by atoms with van der Waals surface area (Å²) in [6.45, 7) is 1.75. The summed E-state index contributed by atoms with van der Waals surface area (Å²) in [4.78, 5) is 4.15. The Labute approximate surface area is 65.4 Å². The third-order valence-electron chi connectivity index (χ3n) is 2.25. The molecule has 0 saturated carbocycles. The molecule has 11 heavy (non-hydrogen) atoms. The van der Waals surface area contributed by atoms with Crippen molar-refractivity contribution in [1.82, 2.24) is 14.8 Å². The molecule has 0 spiro atoms. The van der Waals surface area contributed by atoms with E-state index in [9.17, 15) is 0 Å². The van der Waals surface area contributed by atoms with Crippen molar-refractivity contribution < 1.29 is 0 Å². The molecule has 0 aromatic carbocycles. The lowest BCUT2D eigenvalue weighted by Crippen LogP contribution is -2.25. The Morgan fingerprint density at radius 1 is 1.73 bits per heavy atom. The van der Waals surface area contributed by atoms with Crippen LogP contribution in [-0.2, 0) is 13.0 Å². The first kappa shape index (κ1) is 6.79. The minimum Gasteiger partial charge on any atom is -0.330 e. The van der Waals surface area contributed by atoms with E-state index in [4.69, 9.17) is 5.73 Å². The van der Waals surface area contributed by atoms with Gasteiger partial charge in [-0.05, 0) is 18.9 Å². The molecule has 0 radical (unpaired) electrons. The second-order valence-corrected chi connectivity index (χ2v) is 2.99. The van der Waals surface area contributed by atoms with Crippen LogP contribution in [0, 0.1) is 5.92 Å². The number of aryl methyl sites for hydroxylation is 1. The highest BCUT2D eigenvalue weighted by atomic mass is 15.3. The molecule has 4 nitrogen and oxygen atoms in total. The van der Waals surface area contributed by atoms with Gasteiger partial charge in [0, 0.05) is 13.0 Å². The van der Waals surface area contributed by atoms with Gasteiger partial charge in [0.25, 0.3) is 0 Å². The molecule has 1 aliphatic heterocycles. The van der Waals surface area contributed by atoms with E-state index in [1.165, 1.54) is 0 Å². The second-order valence-electron chi connectivity index (χ2n) is 2.99. The largest absolute Gasteiger partial charge is 0.330 e. The van der Waals surface area contributed by atoms with Crippen LogP contribution in [0.1, 0.15) is 12.2 Å². The topological polar surface area (TPSA) is 56.7 Å². The number of nitrogens with zero attached hydrogens (tertiary/aromatic N) is 3. The Bertz CT molecular complexity index is 242. The van der Waals surface area contributed by atoms with Crippen LogP contribution in [0.5, 0.6) is 0 Å². The van der Waals surface area contributed by atoms with Crippen LogP contribution in [0.15, 0.2) is 6.33 Å². The monoisotopic (exact) mass is 152 g/mol. The summed E-state index contributed by atoms with van der Waals surface area (Å²) in [5, 5.41) is 4.09. The van der Waals surface area contributed by atoms with Gasteiger partial charge in [0.2, 0.25) is 0 Å². The van der Waals surface area contributed by atoms with Crippen LogP contribution in [-0.4, -0.2) is 21.3 Å². The predicted octanol–water partition coefficient (Wildman–Crippen LogP) is -0.201. The molecule has 2 rings (SSSR count). The highest BCUT2D eigenvalue weighted by Crippen LogP contribution is 2.15. The van der Waals surface area contributed by atoms with Crippen molar-refractivity contribution in [1.29, 1.82) is 0 Å². The summed E-state index contributed by atoms with van der Waals surface area (Å²) in [7, 11) is 0. The first-order valence-electron chi connectivity index (χ1n) is 3.97. The Balaban J connectivity index is 2.18. The van der Waals surface area contributed by atoms with Gasteiger partial charge in [-0.3, -0.25) is 4.68 Å². The number of aromatic nitrogens is 3. The van der Waals surface area contributed by atoms with E-state index < -0.39 is 0 Å². The van der Waals surface area contributed by atoms with E-state index in [0.29, 0.717) is 5.92 Å². The Morgan fingerprint density at radius 2 is 2.64 bits per heavy atom. The van der Waals surface area contributed by atoms with Gasteiger partial charge in [-0.1, -0.05) is 0 Å². The van der Waals surface area contributed by atoms with Crippen LogP contribution >= 0.6 is 0 Å². The average Bonchev–Trinajstić information content (AvgIpc) is 2.50. The summed E-state index contributed by atoms with van der Waals surface area (Å²) in [6.07, 6.45) is 3.76. The maximum Gasteiger partial charge on any atom is 0.138 e. The lowest BCUT2D eigenvalue weighted by atomic mass is 9.99. The fraction of sp³-hybridized carbons (Fsp3) is 0.714. The van der Waals surface area contributed by atoms with Crippen LogP contribution in [0.2, 0.25) is 0 Å². The van der Waals surface area contributed by atoms with Gasteiger partial charge in [-0.15, -0.1) is 0 Å². The maximum absolute atomic E-state index is 5.57. The quantitative estimate of drug-likeness (QED) is 0.606. The van der Waals surface area contributed by atoms with Gasteiger partial charge in [-0.25, -0.2) is 4.98 Å². The summed E-state index contributed by atoms with van der Waals surface area (Å²) < 4.78 is 1.96. The van der Waals surface area contributed by atoms with Crippen molar-refractivity contribution in [3.05, 3.63) is 12.2 Å². The molecule has 4 heteroatoms. The molecule has 1 aliphatic rings. The Kier molecular flexibility index (Phi) is 1.62. The highest BCUT2D eigenvalue weighted by molar-refractivity contribution is 4.91. The third-order valence-corrected chi connectivity index (χ3v) is 2.25. The van der Waals surface area contributed by atoms with Crippen molar-refractivity contribution in [3.63, 3.8) is 0 Å². The molecule has 0 fully saturated rings. The van der Waals surface area contributed by atoms with Crippen LogP contribution < -0.4 is 5.73 Å². The van der Waals surface area contributed by atoms with E-state index in [-0.39, 0.29) is 0 Å². The fourth-order valence-corrected chi connectivity index (χ4v) is 1.50. The van der Waals surface area contributed by atoms with Gasteiger partial charge < -0.3 is 5.73 Å². The van der Waals surface area contributed by atoms with Crippen molar-refractivity contribution in [2.24, 2.45) is 11.7 Å². The standard InChI is InChI=1S/C7H12N4/c8-4-6-1-2-11-7(3-6)9-5-10-11/h5-6H,1-4,8H2. The van der Waals surface area contributed by atoms with E-state index in [2.05, 4.69) is 10.1 Å². The molecule has 0 bridgehead atoms. The number of hydrogen-bond acceptors (Lipinski definition) is 3. The normalized spacial score (nSPS) is 23.2. The Hall–Kier alpha value is -0.900. The zero-order valence-corrected chi connectivity index (χ0v) is 6.40. The van der Waals surface area contributed by atoms with E-state index >= 15 is 0 Å². The number of nitrogens with two attached hydrogens (primary N) is 1. The summed E-state index contributed by atoms with van der Waals surface area (Å²) in [5.74, 6) is 1.71. The fourth-order valence-electron chi connectivity index (χ4n) is 1.50. The van der Waals surface area contributed by atoms with Crippen molar-refractivity contribution >= 4 is 0 Å². The Morgan fingerprint density at radius 3 is 3.45 bits per heavy atom. The van der Waals surface area contributed by atoms with E-state index in [1.807, 2.05) is 4.68 Å². The van der Waals surface area contributed by atoms with Crippen molar-refractivity contribution in [3.8, 4) is 0 Å². The molecule has 60 valence electrons. The van der Waals surface area contributed by atoms with Crippen molar-refractivity contribution in [2.75, 3.05) is 6.54 Å². The molecule has 1 atom stereocenters. The van der Waals surface area contributed by atoms with E-state index in [0.717, 1.165) is 31.8 Å². The number of rotatable bonds is 1. The first-order valence-corrected chi connectivity index (χ1v) is 3.97. The minimum atomic E-state index is 0.617. The van der Waals surface area contributed by atoms with Gasteiger partial charge in [0.1, 0.15) is 12.2 Å². The molecule has 0 amide bonds. The molecule has 1 aromatic heterocycles. The van der Waals surface area contributed by atoms with Gasteiger partial charge in [0.15, 0.2) is 0 Å². The molecule has 2 N–H and O–H groups in total. The zero-order valence-electron chi connectivity index (χ0n) is 6.40. The maximum atomic E-state index is 5.57. The minimum absolute atomic E-state index is 0.617. The number of fused-ring (bicyclic) bond motifs is 1. The van der Waals surface area contributed by atoms with Crippen molar-refractivity contribution in [2.45, 2.75) is 19.4 Å². The summed E-state index contributed by atoms with van der Waals surface area (Å²) in [5.41, 5.74) is 5.57. The average molecular weight is 152 g/mol.